The Hall–Kier alpha value is -1.43. The standard InChI is InChI=1S/C23H36O5/c24-18(13-12-17-8-4-3-5-9-17)14-15-20-19(21(25)16-22(20)26)10-6-1-2-7-11-23(27)28/h3-5,8-9,18-22,24-26H,1-2,6-7,10-16H2,(H,27,28)/t18?,19-,20-,21+,22-/m1/s1. The number of benzene rings is 1. The minimum Gasteiger partial charge on any atom is -0.481 e. The third-order valence-electron chi connectivity index (χ3n) is 6.14. The van der Waals surface area contributed by atoms with Crippen LogP contribution in [0.25, 0.3) is 0 Å². The second-order valence-corrected chi connectivity index (χ2v) is 8.30. The van der Waals surface area contributed by atoms with E-state index in [0.717, 1.165) is 38.5 Å². The number of aliphatic hydroxyl groups is 3. The second kappa shape index (κ2) is 12.2. The van der Waals surface area contributed by atoms with Crippen LogP contribution in [0.4, 0.5) is 0 Å². The highest BCUT2D eigenvalue weighted by molar-refractivity contribution is 5.66. The van der Waals surface area contributed by atoms with Crippen LogP contribution in [0, 0.1) is 11.8 Å². The van der Waals surface area contributed by atoms with Crippen LogP contribution in [-0.2, 0) is 11.2 Å². The van der Waals surface area contributed by atoms with Crippen molar-refractivity contribution in [1.29, 1.82) is 0 Å². The van der Waals surface area contributed by atoms with Crippen molar-refractivity contribution in [2.45, 2.75) is 88.9 Å². The van der Waals surface area contributed by atoms with Crippen molar-refractivity contribution in [3.8, 4) is 0 Å². The Bertz CT molecular complexity index is 561. The largest absolute Gasteiger partial charge is 0.481 e. The molecule has 5 nitrogen and oxygen atoms in total. The fraction of sp³-hybridized carbons (Fsp3) is 0.696. The molecule has 5 heteroatoms. The molecule has 2 rings (SSSR count). The van der Waals surface area contributed by atoms with E-state index in [-0.39, 0.29) is 24.4 Å². The Morgan fingerprint density at radius 2 is 1.57 bits per heavy atom. The lowest BCUT2D eigenvalue weighted by atomic mass is 9.84. The molecule has 0 spiro atoms. The molecule has 0 aliphatic heterocycles. The summed E-state index contributed by atoms with van der Waals surface area (Å²) in [6.07, 6.45) is 6.58. The zero-order valence-electron chi connectivity index (χ0n) is 16.7. The number of aliphatic carboxylic acids is 1. The molecule has 1 unspecified atom stereocenters. The van der Waals surface area contributed by atoms with Gasteiger partial charge in [-0.15, -0.1) is 0 Å². The van der Waals surface area contributed by atoms with Gasteiger partial charge in [0.05, 0.1) is 18.3 Å². The Balaban J connectivity index is 1.69. The Labute approximate surface area is 168 Å². The van der Waals surface area contributed by atoms with Gasteiger partial charge in [-0.3, -0.25) is 4.79 Å². The van der Waals surface area contributed by atoms with Crippen LogP contribution in [-0.4, -0.2) is 44.7 Å². The van der Waals surface area contributed by atoms with Gasteiger partial charge in [0.15, 0.2) is 0 Å². The van der Waals surface area contributed by atoms with E-state index < -0.39 is 18.2 Å². The summed E-state index contributed by atoms with van der Waals surface area (Å²) >= 11 is 0. The molecule has 5 atom stereocenters. The fourth-order valence-corrected chi connectivity index (χ4v) is 4.50. The minimum absolute atomic E-state index is 0.0420. The lowest BCUT2D eigenvalue weighted by Gasteiger charge is -2.24. The van der Waals surface area contributed by atoms with Crippen molar-refractivity contribution in [2.75, 3.05) is 0 Å². The summed E-state index contributed by atoms with van der Waals surface area (Å²) in [5, 5.41) is 39.7. The van der Waals surface area contributed by atoms with Gasteiger partial charge in [-0.25, -0.2) is 0 Å². The third kappa shape index (κ3) is 7.90. The summed E-state index contributed by atoms with van der Waals surface area (Å²) in [4.78, 5) is 10.5. The summed E-state index contributed by atoms with van der Waals surface area (Å²) in [7, 11) is 0. The van der Waals surface area contributed by atoms with Crippen LogP contribution < -0.4 is 0 Å². The van der Waals surface area contributed by atoms with E-state index in [1.165, 1.54) is 5.56 Å². The SMILES string of the molecule is O=C(O)CCCCCC[C@@H]1[C@@H](CCC(O)CCc2ccccc2)[C@H](O)C[C@@H]1O. The van der Waals surface area contributed by atoms with Crippen LogP contribution in [0.3, 0.4) is 0 Å². The van der Waals surface area contributed by atoms with Gasteiger partial charge in [0.2, 0.25) is 0 Å². The first kappa shape index (κ1) is 22.9. The lowest BCUT2D eigenvalue weighted by Crippen LogP contribution is -2.24. The molecule has 1 fully saturated rings. The molecule has 0 amide bonds. The van der Waals surface area contributed by atoms with Crippen LogP contribution in [0.15, 0.2) is 30.3 Å². The predicted octanol–water partition coefficient (Wildman–Crippen LogP) is 3.54. The van der Waals surface area contributed by atoms with Crippen molar-refractivity contribution in [2.24, 2.45) is 11.8 Å². The smallest absolute Gasteiger partial charge is 0.303 e. The number of carbonyl (C=O) groups is 1. The van der Waals surface area contributed by atoms with E-state index in [2.05, 4.69) is 12.1 Å². The highest BCUT2D eigenvalue weighted by Crippen LogP contribution is 2.39. The van der Waals surface area contributed by atoms with E-state index in [1.807, 2.05) is 18.2 Å². The zero-order chi connectivity index (χ0) is 20.4. The molecule has 1 aliphatic carbocycles. The van der Waals surface area contributed by atoms with Crippen LogP contribution in [0.1, 0.15) is 69.8 Å². The summed E-state index contributed by atoms with van der Waals surface area (Å²) < 4.78 is 0. The maximum Gasteiger partial charge on any atom is 0.303 e. The molecular weight excluding hydrogens is 356 g/mol. The monoisotopic (exact) mass is 392 g/mol. The Morgan fingerprint density at radius 3 is 2.25 bits per heavy atom. The molecule has 158 valence electrons. The summed E-state index contributed by atoms with van der Waals surface area (Å²) in [5.74, 6) is -0.628. The first-order valence-corrected chi connectivity index (χ1v) is 10.8. The Kier molecular flexibility index (Phi) is 9.96. The molecule has 0 aromatic heterocycles. The molecule has 1 saturated carbocycles. The van der Waals surface area contributed by atoms with Crippen LogP contribution in [0.5, 0.6) is 0 Å². The van der Waals surface area contributed by atoms with E-state index >= 15 is 0 Å². The molecule has 4 N–H and O–H groups in total. The van der Waals surface area contributed by atoms with E-state index in [1.54, 1.807) is 0 Å². The molecule has 0 bridgehead atoms. The van der Waals surface area contributed by atoms with Crippen LogP contribution in [0.2, 0.25) is 0 Å². The zero-order valence-corrected chi connectivity index (χ0v) is 16.7. The van der Waals surface area contributed by atoms with Gasteiger partial charge >= 0.3 is 5.97 Å². The van der Waals surface area contributed by atoms with E-state index in [4.69, 9.17) is 5.11 Å². The molecular formula is C23H36O5. The van der Waals surface area contributed by atoms with Gasteiger partial charge in [-0.05, 0) is 62.3 Å². The number of unbranched alkanes of at least 4 members (excludes halogenated alkanes) is 3. The highest BCUT2D eigenvalue weighted by Gasteiger charge is 2.40. The van der Waals surface area contributed by atoms with Gasteiger partial charge in [-0.1, -0.05) is 49.6 Å². The van der Waals surface area contributed by atoms with Crippen molar-refractivity contribution in [3.05, 3.63) is 35.9 Å². The number of carboxylic acids is 1. The first-order valence-electron chi connectivity index (χ1n) is 10.8. The minimum atomic E-state index is -0.750. The second-order valence-electron chi connectivity index (χ2n) is 8.30. The quantitative estimate of drug-likeness (QED) is 0.385. The predicted molar refractivity (Wildman–Crippen MR) is 109 cm³/mol. The topological polar surface area (TPSA) is 98.0 Å². The van der Waals surface area contributed by atoms with E-state index in [0.29, 0.717) is 25.7 Å². The number of aryl methyl sites for hydroxylation is 1. The normalized spacial score (nSPS) is 25.7. The molecule has 1 aliphatic rings. The lowest BCUT2D eigenvalue weighted by molar-refractivity contribution is -0.137. The molecule has 1 aromatic carbocycles. The average Bonchev–Trinajstić information content (AvgIpc) is 2.94. The average molecular weight is 393 g/mol. The molecule has 0 heterocycles. The third-order valence-corrected chi connectivity index (χ3v) is 6.14. The van der Waals surface area contributed by atoms with Crippen molar-refractivity contribution < 1.29 is 25.2 Å². The number of carboxylic acid groups (broad SMARTS) is 1. The summed E-state index contributed by atoms with van der Waals surface area (Å²) in [5.41, 5.74) is 1.22. The molecule has 0 radical (unpaired) electrons. The van der Waals surface area contributed by atoms with Crippen molar-refractivity contribution in [1.82, 2.24) is 0 Å². The number of hydrogen-bond acceptors (Lipinski definition) is 4. The number of aliphatic hydroxyl groups excluding tert-OH is 3. The summed E-state index contributed by atoms with van der Waals surface area (Å²) in [6.45, 7) is 0. The van der Waals surface area contributed by atoms with Crippen molar-refractivity contribution in [3.63, 3.8) is 0 Å². The fourth-order valence-electron chi connectivity index (χ4n) is 4.50. The van der Waals surface area contributed by atoms with Crippen LogP contribution >= 0.6 is 0 Å². The maximum atomic E-state index is 10.5. The number of hydrogen-bond donors (Lipinski definition) is 4. The molecule has 28 heavy (non-hydrogen) atoms. The molecule has 1 aromatic rings. The Morgan fingerprint density at radius 1 is 0.929 bits per heavy atom. The summed E-state index contributed by atoms with van der Waals surface area (Å²) in [6, 6.07) is 10.1. The van der Waals surface area contributed by atoms with E-state index in [9.17, 15) is 20.1 Å². The maximum absolute atomic E-state index is 10.5. The van der Waals surface area contributed by atoms with Crippen molar-refractivity contribution >= 4 is 5.97 Å². The van der Waals surface area contributed by atoms with Gasteiger partial charge in [0.1, 0.15) is 0 Å². The first-order chi connectivity index (χ1) is 13.5. The van der Waals surface area contributed by atoms with Gasteiger partial charge in [-0.2, -0.15) is 0 Å². The highest BCUT2D eigenvalue weighted by atomic mass is 16.4. The number of rotatable bonds is 13. The van der Waals surface area contributed by atoms with Gasteiger partial charge in [0.25, 0.3) is 0 Å². The molecule has 0 saturated heterocycles. The van der Waals surface area contributed by atoms with Gasteiger partial charge < -0.3 is 20.4 Å². The van der Waals surface area contributed by atoms with Gasteiger partial charge in [0, 0.05) is 6.42 Å².